The first kappa shape index (κ1) is 13.1. The highest BCUT2D eigenvalue weighted by Gasteiger charge is 2.27. The molecule has 3 rings (SSSR count). The zero-order valence-corrected chi connectivity index (χ0v) is 11.2. The molecule has 0 bridgehead atoms. The smallest absolute Gasteiger partial charge is 0.127 e. The summed E-state index contributed by atoms with van der Waals surface area (Å²) in [7, 11) is 0. The van der Waals surface area contributed by atoms with Gasteiger partial charge >= 0.3 is 0 Å². The summed E-state index contributed by atoms with van der Waals surface area (Å²) in [5.41, 5.74) is 0.763. The average Bonchev–Trinajstić information content (AvgIpc) is 3.06. The number of benzene rings is 1. The van der Waals surface area contributed by atoms with Gasteiger partial charge in [0.1, 0.15) is 11.6 Å². The van der Waals surface area contributed by atoms with Crippen molar-refractivity contribution in [2.24, 2.45) is 0 Å². The van der Waals surface area contributed by atoms with Crippen LogP contribution in [0.4, 0.5) is 4.39 Å². The summed E-state index contributed by atoms with van der Waals surface area (Å²) in [4.78, 5) is 4.10. The van der Waals surface area contributed by atoms with Crippen LogP contribution in [-0.2, 0) is 6.54 Å². The Hall–Kier alpha value is -1.88. The van der Waals surface area contributed by atoms with Gasteiger partial charge in [0.25, 0.3) is 0 Å². The lowest BCUT2D eigenvalue weighted by Crippen LogP contribution is -2.33. The second-order valence-electron chi connectivity index (χ2n) is 5.31. The molecule has 5 heteroatoms. The molecule has 0 aliphatic heterocycles. The number of nitrogens with zero attached hydrogens (tertiary/aromatic N) is 2. The molecule has 1 saturated carbocycles. The largest absolute Gasteiger partial charge is 0.508 e. The van der Waals surface area contributed by atoms with Gasteiger partial charge in [0.2, 0.25) is 0 Å². The van der Waals surface area contributed by atoms with E-state index in [1.165, 1.54) is 12.5 Å². The molecular formula is C15H18FN3O. The molecule has 20 heavy (non-hydrogen) atoms. The number of aromatic nitrogens is 2. The molecule has 1 heterocycles. The molecule has 1 aromatic carbocycles. The van der Waals surface area contributed by atoms with Gasteiger partial charge in [0.15, 0.2) is 0 Å². The lowest BCUT2D eigenvalue weighted by Gasteiger charge is -2.22. The Morgan fingerprint density at radius 2 is 2.25 bits per heavy atom. The Kier molecular flexibility index (Phi) is 3.69. The minimum absolute atomic E-state index is 0.0284. The minimum Gasteiger partial charge on any atom is -0.508 e. The quantitative estimate of drug-likeness (QED) is 0.901. The van der Waals surface area contributed by atoms with Crippen molar-refractivity contribution in [1.29, 1.82) is 0 Å². The van der Waals surface area contributed by atoms with Gasteiger partial charge in [-0.3, -0.25) is 0 Å². The SMILES string of the molecule is Oc1cc(F)cc(CNC2CCCC2n2ccnc2)c1. The highest BCUT2D eigenvalue weighted by molar-refractivity contribution is 5.28. The van der Waals surface area contributed by atoms with E-state index in [4.69, 9.17) is 0 Å². The van der Waals surface area contributed by atoms with Gasteiger partial charge in [-0.15, -0.1) is 0 Å². The van der Waals surface area contributed by atoms with E-state index in [1.807, 2.05) is 12.5 Å². The fourth-order valence-electron chi connectivity index (χ4n) is 2.99. The number of phenolic OH excluding ortho intramolecular Hbond substituents is 1. The van der Waals surface area contributed by atoms with E-state index in [-0.39, 0.29) is 5.75 Å². The van der Waals surface area contributed by atoms with Crippen LogP contribution in [0.25, 0.3) is 0 Å². The molecule has 1 aromatic heterocycles. The molecule has 106 valence electrons. The molecular weight excluding hydrogens is 257 g/mol. The number of nitrogens with one attached hydrogen (secondary N) is 1. The van der Waals surface area contributed by atoms with E-state index in [9.17, 15) is 9.50 Å². The van der Waals surface area contributed by atoms with E-state index >= 15 is 0 Å². The van der Waals surface area contributed by atoms with Gasteiger partial charge in [-0.05, 0) is 37.0 Å². The molecule has 2 N–H and O–H groups in total. The maximum atomic E-state index is 13.2. The van der Waals surface area contributed by atoms with Crippen LogP contribution in [0.3, 0.4) is 0 Å². The molecule has 4 nitrogen and oxygen atoms in total. The molecule has 2 unspecified atom stereocenters. The molecule has 0 radical (unpaired) electrons. The third-order valence-corrected chi connectivity index (χ3v) is 3.90. The lowest BCUT2D eigenvalue weighted by atomic mass is 10.1. The van der Waals surface area contributed by atoms with E-state index < -0.39 is 5.82 Å². The number of hydrogen-bond acceptors (Lipinski definition) is 3. The van der Waals surface area contributed by atoms with Gasteiger partial charge < -0.3 is 15.0 Å². The van der Waals surface area contributed by atoms with Crippen LogP contribution in [0, 0.1) is 5.82 Å². The van der Waals surface area contributed by atoms with Crippen molar-refractivity contribution in [2.75, 3.05) is 0 Å². The number of imidazole rings is 1. The van der Waals surface area contributed by atoms with Crippen LogP contribution in [-0.4, -0.2) is 20.7 Å². The fourth-order valence-corrected chi connectivity index (χ4v) is 2.99. The number of halogens is 1. The predicted molar refractivity (Wildman–Crippen MR) is 73.8 cm³/mol. The van der Waals surface area contributed by atoms with Crippen LogP contribution >= 0.6 is 0 Å². The summed E-state index contributed by atoms with van der Waals surface area (Å²) in [6.07, 6.45) is 9.03. The Morgan fingerprint density at radius 1 is 1.35 bits per heavy atom. The van der Waals surface area contributed by atoms with Crippen molar-refractivity contribution in [1.82, 2.24) is 14.9 Å². The van der Waals surface area contributed by atoms with Crippen molar-refractivity contribution < 1.29 is 9.50 Å². The van der Waals surface area contributed by atoms with Gasteiger partial charge in [0, 0.05) is 37.1 Å². The number of aromatic hydroxyl groups is 1. The Labute approximate surface area is 117 Å². The standard InChI is InChI=1S/C15H18FN3O/c16-12-6-11(7-13(20)8-12)9-18-14-2-1-3-15(14)19-5-4-17-10-19/h4-8,10,14-15,18,20H,1-3,9H2. The first-order valence-corrected chi connectivity index (χ1v) is 6.91. The zero-order chi connectivity index (χ0) is 13.9. The average molecular weight is 275 g/mol. The van der Waals surface area contributed by atoms with Crippen molar-refractivity contribution >= 4 is 0 Å². The summed E-state index contributed by atoms with van der Waals surface area (Å²) >= 11 is 0. The lowest BCUT2D eigenvalue weighted by molar-refractivity contribution is 0.389. The Morgan fingerprint density at radius 3 is 3.00 bits per heavy atom. The molecule has 0 saturated heterocycles. The topological polar surface area (TPSA) is 50.1 Å². The van der Waals surface area contributed by atoms with E-state index in [0.717, 1.165) is 24.5 Å². The van der Waals surface area contributed by atoms with Crippen LogP contribution in [0.15, 0.2) is 36.9 Å². The predicted octanol–water partition coefficient (Wildman–Crippen LogP) is 2.61. The van der Waals surface area contributed by atoms with Gasteiger partial charge in [0.05, 0.1) is 6.33 Å². The summed E-state index contributed by atoms with van der Waals surface area (Å²) < 4.78 is 15.4. The van der Waals surface area contributed by atoms with Crippen molar-refractivity contribution in [3.05, 3.63) is 48.3 Å². The molecule has 0 amide bonds. The Bertz CT molecular complexity index is 550. The summed E-state index contributed by atoms with van der Waals surface area (Å²) in [6.45, 7) is 0.557. The normalized spacial score (nSPS) is 22.2. The maximum Gasteiger partial charge on any atom is 0.127 e. The van der Waals surface area contributed by atoms with E-state index in [0.29, 0.717) is 18.6 Å². The maximum absolute atomic E-state index is 13.2. The zero-order valence-electron chi connectivity index (χ0n) is 11.2. The first-order chi connectivity index (χ1) is 9.72. The van der Waals surface area contributed by atoms with Crippen LogP contribution in [0.1, 0.15) is 30.9 Å². The molecule has 2 aromatic rings. The fraction of sp³-hybridized carbons (Fsp3) is 0.400. The van der Waals surface area contributed by atoms with Gasteiger partial charge in [-0.25, -0.2) is 9.37 Å². The number of phenols is 1. The minimum atomic E-state index is -0.403. The van der Waals surface area contributed by atoms with Crippen molar-refractivity contribution in [3.8, 4) is 5.75 Å². The van der Waals surface area contributed by atoms with E-state index in [2.05, 4.69) is 14.9 Å². The first-order valence-electron chi connectivity index (χ1n) is 6.91. The molecule has 1 aliphatic carbocycles. The molecule has 1 aliphatic rings. The summed E-state index contributed by atoms with van der Waals surface area (Å²) in [6, 6.07) is 4.92. The van der Waals surface area contributed by atoms with Crippen LogP contribution < -0.4 is 5.32 Å². The molecule has 2 atom stereocenters. The number of hydrogen-bond donors (Lipinski definition) is 2. The second kappa shape index (κ2) is 5.63. The third kappa shape index (κ3) is 2.82. The molecule has 1 fully saturated rings. The second-order valence-corrected chi connectivity index (χ2v) is 5.31. The van der Waals surface area contributed by atoms with E-state index in [1.54, 1.807) is 12.3 Å². The van der Waals surface area contributed by atoms with Crippen molar-refractivity contribution in [2.45, 2.75) is 37.9 Å². The summed E-state index contributed by atoms with van der Waals surface area (Å²) in [5, 5.41) is 12.9. The highest BCUT2D eigenvalue weighted by atomic mass is 19.1. The van der Waals surface area contributed by atoms with Crippen molar-refractivity contribution in [3.63, 3.8) is 0 Å². The van der Waals surface area contributed by atoms with Gasteiger partial charge in [-0.1, -0.05) is 0 Å². The van der Waals surface area contributed by atoms with Crippen LogP contribution in [0.5, 0.6) is 5.75 Å². The third-order valence-electron chi connectivity index (χ3n) is 3.90. The molecule has 0 spiro atoms. The highest BCUT2D eigenvalue weighted by Crippen LogP contribution is 2.30. The number of rotatable bonds is 4. The van der Waals surface area contributed by atoms with Crippen LogP contribution in [0.2, 0.25) is 0 Å². The Balaban J connectivity index is 1.65. The summed E-state index contributed by atoms with van der Waals surface area (Å²) in [5.74, 6) is -0.432. The monoisotopic (exact) mass is 275 g/mol. The van der Waals surface area contributed by atoms with Gasteiger partial charge in [-0.2, -0.15) is 0 Å².